The molecule has 2 rings (SSSR count). The lowest BCUT2D eigenvalue weighted by molar-refractivity contribution is 0.112. The fraction of sp³-hybridized carbons (Fsp3) is 0.0833. The van der Waals surface area contributed by atoms with E-state index in [9.17, 15) is 4.79 Å². The van der Waals surface area contributed by atoms with E-state index in [1.165, 1.54) is 7.11 Å². The van der Waals surface area contributed by atoms with E-state index in [0.717, 1.165) is 11.3 Å². The van der Waals surface area contributed by atoms with Crippen molar-refractivity contribution < 1.29 is 14.3 Å². The van der Waals surface area contributed by atoms with Gasteiger partial charge in [0.15, 0.2) is 22.9 Å². The Hall–Kier alpha value is -2.10. The molecule has 0 atom stereocenters. The Bertz CT molecular complexity index is 663. The van der Waals surface area contributed by atoms with Crippen LogP contribution in [0.25, 0.3) is 0 Å². The molecule has 1 heterocycles. The number of thiazole rings is 1. The quantitative estimate of drug-likeness (QED) is 0.809. The summed E-state index contributed by atoms with van der Waals surface area (Å²) >= 11 is 6.78. The Balaban J connectivity index is 2.32. The number of nitrogens with zero attached hydrogens (tertiary/aromatic N) is 2. The molecule has 0 unspecified atom stereocenters. The van der Waals surface area contributed by atoms with Gasteiger partial charge in [0.1, 0.15) is 4.88 Å². The monoisotopic (exact) mass is 294 g/mol. The molecule has 0 aliphatic heterocycles. The number of ether oxygens (including phenoxy) is 2. The van der Waals surface area contributed by atoms with E-state index in [2.05, 4.69) is 4.98 Å². The number of halogens is 1. The number of aromatic nitrogens is 1. The highest BCUT2D eigenvalue weighted by molar-refractivity contribution is 7.15. The average Bonchev–Trinajstić information content (AvgIpc) is 2.79. The van der Waals surface area contributed by atoms with Crippen molar-refractivity contribution in [2.75, 3.05) is 7.11 Å². The summed E-state index contributed by atoms with van der Waals surface area (Å²) in [5.74, 6) is 0.794. The lowest BCUT2D eigenvalue weighted by atomic mass is 10.2. The maximum absolute atomic E-state index is 10.7. The molecule has 0 spiro atoms. The average molecular weight is 295 g/mol. The van der Waals surface area contributed by atoms with Gasteiger partial charge in [-0.25, -0.2) is 0 Å². The first-order valence-corrected chi connectivity index (χ1v) is 6.25. The van der Waals surface area contributed by atoms with Gasteiger partial charge in [-0.05, 0) is 12.1 Å². The van der Waals surface area contributed by atoms with E-state index in [-0.39, 0.29) is 10.3 Å². The maximum atomic E-state index is 10.7. The van der Waals surface area contributed by atoms with E-state index in [1.54, 1.807) is 18.2 Å². The topological polar surface area (TPSA) is 72.2 Å². The molecule has 7 heteroatoms. The third-order valence-electron chi connectivity index (χ3n) is 2.19. The highest BCUT2D eigenvalue weighted by Crippen LogP contribution is 2.35. The second kappa shape index (κ2) is 5.69. The van der Waals surface area contributed by atoms with Gasteiger partial charge in [-0.1, -0.05) is 22.9 Å². The summed E-state index contributed by atoms with van der Waals surface area (Å²) in [4.78, 5) is 14.9. The summed E-state index contributed by atoms with van der Waals surface area (Å²) in [6.07, 6.45) is 0.614. The molecule has 0 fully saturated rings. The molecular weight excluding hydrogens is 288 g/mol. The van der Waals surface area contributed by atoms with E-state index >= 15 is 0 Å². The second-order valence-electron chi connectivity index (χ2n) is 3.33. The van der Waals surface area contributed by atoms with Gasteiger partial charge in [0.2, 0.25) is 0 Å². The van der Waals surface area contributed by atoms with Crippen molar-refractivity contribution in [1.82, 2.24) is 4.98 Å². The third-order valence-corrected chi connectivity index (χ3v) is 3.45. The Morgan fingerprint density at radius 1 is 1.47 bits per heavy atom. The molecule has 5 nitrogen and oxygen atoms in total. The summed E-state index contributed by atoms with van der Waals surface area (Å²) in [5, 5.41) is 9.13. The number of aldehydes is 1. The van der Waals surface area contributed by atoms with Gasteiger partial charge >= 0.3 is 0 Å². The zero-order valence-electron chi connectivity index (χ0n) is 9.71. The smallest absolute Gasteiger partial charge is 0.281 e. The first-order valence-electron chi connectivity index (χ1n) is 5.05. The lowest BCUT2D eigenvalue weighted by Crippen LogP contribution is -1.90. The summed E-state index contributed by atoms with van der Waals surface area (Å²) in [7, 11) is 1.47. The van der Waals surface area contributed by atoms with Crippen LogP contribution in [0.4, 0.5) is 0 Å². The molecular formula is C12H7ClN2O3S. The number of hydrogen-bond acceptors (Lipinski definition) is 6. The van der Waals surface area contributed by atoms with Gasteiger partial charge in [-0.3, -0.25) is 4.79 Å². The van der Waals surface area contributed by atoms with E-state index in [1.807, 2.05) is 6.07 Å². The molecule has 1 aromatic heterocycles. The van der Waals surface area contributed by atoms with Crippen molar-refractivity contribution in [3.05, 3.63) is 33.8 Å². The molecule has 0 amide bonds. The zero-order valence-corrected chi connectivity index (χ0v) is 11.3. The Morgan fingerprint density at radius 3 is 2.84 bits per heavy atom. The summed E-state index contributed by atoms with van der Waals surface area (Å²) in [6.45, 7) is 0. The molecule has 0 aliphatic rings. The van der Waals surface area contributed by atoms with Gasteiger partial charge in [-0.2, -0.15) is 10.2 Å². The van der Waals surface area contributed by atoms with Crippen molar-refractivity contribution in [1.29, 1.82) is 5.26 Å². The first kappa shape index (κ1) is 13.3. The van der Waals surface area contributed by atoms with Crippen molar-refractivity contribution in [3.63, 3.8) is 0 Å². The van der Waals surface area contributed by atoms with Crippen LogP contribution >= 0.6 is 22.9 Å². The predicted octanol–water partition coefficient (Wildman–Crippen LogP) is 3.28. The number of benzene rings is 1. The van der Waals surface area contributed by atoms with Crippen LogP contribution in [-0.2, 0) is 0 Å². The molecule has 2 aromatic rings. The summed E-state index contributed by atoms with van der Waals surface area (Å²) in [5.41, 5.74) is 0.454. The van der Waals surface area contributed by atoms with Gasteiger partial charge in [0.05, 0.1) is 18.7 Å². The van der Waals surface area contributed by atoms with Crippen LogP contribution in [0.2, 0.25) is 5.15 Å². The lowest BCUT2D eigenvalue weighted by Gasteiger charge is -2.07. The minimum atomic E-state index is 0.0996. The molecule has 0 radical (unpaired) electrons. The van der Waals surface area contributed by atoms with E-state index in [0.29, 0.717) is 28.2 Å². The SMILES string of the molecule is COc1cc(C#N)ccc1Oc1nc(Cl)c(C=O)s1. The number of nitriles is 1. The van der Waals surface area contributed by atoms with Crippen molar-refractivity contribution >= 4 is 29.2 Å². The molecule has 96 valence electrons. The van der Waals surface area contributed by atoms with Gasteiger partial charge in [-0.15, -0.1) is 0 Å². The van der Waals surface area contributed by atoms with Crippen LogP contribution in [0.15, 0.2) is 18.2 Å². The van der Waals surface area contributed by atoms with Crippen LogP contribution in [-0.4, -0.2) is 18.4 Å². The van der Waals surface area contributed by atoms with Crippen molar-refractivity contribution in [3.8, 4) is 22.8 Å². The Labute approximate surface area is 118 Å². The zero-order chi connectivity index (χ0) is 13.8. The minimum Gasteiger partial charge on any atom is -0.493 e. The molecule has 0 saturated carbocycles. The number of methoxy groups -OCH3 is 1. The molecule has 0 aliphatic carbocycles. The van der Waals surface area contributed by atoms with Crippen LogP contribution in [0, 0.1) is 11.3 Å². The summed E-state index contributed by atoms with van der Waals surface area (Å²) in [6, 6.07) is 6.73. The normalized spacial score (nSPS) is 9.74. The van der Waals surface area contributed by atoms with E-state index < -0.39 is 0 Å². The van der Waals surface area contributed by atoms with Crippen LogP contribution < -0.4 is 9.47 Å². The fourth-order valence-electron chi connectivity index (χ4n) is 1.33. The predicted molar refractivity (Wildman–Crippen MR) is 70.3 cm³/mol. The van der Waals surface area contributed by atoms with Gasteiger partial charge < -0.3 is 9.47 Å². The largest absolute Gasteiger partial charge is 0.493 e. The number of hydrogen-bond donors (Lipinski definition) is 0. The van der Waals surface area contributed by atoms with Crippen LogP contribution in [0.5, 0.6) is 16.7 Å². The first-order chi connectivity index (χ1) is 9.17. The van der Waals surface area contributed by atoms with Crippen molar-refractivity contribution in [2.45, 2.75) is 0 Å². The third kappa shape index (κ3) is 2.84. The Morgan fingerprint density at radius 2 is 2.26 bits per heavy atom. The molecule has 19 heavy (non-hydrogen) atoms. The van der Waals surface area contributed by atoms with Gasteiger partial charge in [0.25, 0.3) is 5.19 Å². The minimum absolute atomic E-state index is 0.0996. The molecule has 0 bridgehead atoms. The van der Waals surface area contributed by atoms with E-state index in [4.69, 9.17) is 26.3 Å². The Kier molecular flexibility index (Phi) is 4.00. The van der Waals surface area contributed by atoms with Gasteiger partial charge in [0, 0.05) is 6.07 Å². The maximum Gasteiger partial charge on any atom is 0.281 e. The summed E-state index contributed by atoms with van der Waals surface area (Å²) < 4.78 is 10.6. The number of rotatable bonds is 4. The standard InChI is InChI=1S/C12H7ClN2O3S/c1-17-9-4-7(5-14)2-3-8(9)18-12-15-11(13)10(6-16)19-12/h2-4,6H,1H3. The highest BCUT2D eigenvalue weighted by Gasteiger charge is 2.13. The van der Waals surface area contributed by atoms with Crippen LogP contribution in [0.1, 0.15) is 15.2 Å². The highest BCUT2D eigenvalue weighted by atomic mass is 35.5. The number of carbonyl (C=O) groups excluding carboxylic acids is 1. The molecule has 0 saturated heterocycles. The fourth-order valence-corrected chi connectivity index (χ4v) is 2.25. The number of carbonyl (C=O) groups is 1. The molecule has 1 aromatic carbocycles. The second-order valence-corrected chi connectivity index (χ2v) is 4.68. The van der Waals surface area contributed by atoms with Crippen molar-refractivity contribution in [2.24, 2.45) is 0 Å². The van der Waals surface area contributed by atoms with Crippen LogP contribution in [0.3, 0.4) is 0 Å². The molecule has 0 N–H and O–H groups in total.